The molecule has 1 N–H and O–H groups in total. The first kappa shape index (κ1) is 8.72. The molecule has 1 aliphatic carbocycles. The van der Waals surface area contributed by atoms with Crippen LogP contribution in [0.1, 0.15) is 33.6 Å². The molecule has 0 amide bonds. The van der Waals surface area contributed by atoms with Gasteiger partial charge in [-0.1, -0.05) is 20.8 Å². The molecule has 0 radical (unpaired) electrons. The summed E-state index contributed by atoms with van der Waals surface area (Å²) in [5.74, 6) is 0.131. The van der Waals surface area contributed by atoms with Gasteiger partial charge in [0.05, 0.1) is 6.10 Å². The van der Waals surface area contributed by atoms with E-state index in [4.69, 9.17) is 0 Å². The predicted molar refractivity (Wildman–Crippen MR) is 43.2 cm³/mol. The zero-order chi connectivity index (χ0) is 8.65. The maximum atomic E-state index is 11.5. The molecule has 11 heavy (non-hydrogen) atoms. The van der Waals surface area contributed by atoms with Gasteiger partial charge in [-0.15, -0.1) is 0 Å². The Bertz CT molecular complexity index is 167. The SMILES string of the molecule is CC(C)(C)C(=O)C1CCC1O. The summed E-state index contributed by atoms with van der Waals surface area (Å²) in [6.07, 6.45) is 1.31. The Balaban J connectivity index is 2.55. The molecule has 1 fully saturated rings. The smallest absolute Gasteiger partial charge is 0.143 e. The first-order valence-corrected chi connectivity index (χ1v) is 4.15. The van der Waals surface area contributed by atoms with Crippen molar-refractivity contribution < 1.29 is 9.90 Å². The summed E-state index contributed by atoms with van der Waals surface area (Å²) in [5.41, 5.74) is -0.286. The van der Waals surface area contributed by atoms with Crippen LogP contribution in [-0.2, 0) is 4.79 Å². The predicted octanol–water partition coefficient (Wildman–Crippen LogP) is 1.37. The molecule has 1 saturated carbocycles. The molecule has 0 spiro atoms. The highest BCUT2D eigenvalue weighted by Gasteiger charge is 2.39. The minimum Gasteiger partial charge on any atom is -0.392 e. The summed E-state index contributed by atoms with van der Waals surface area (Å²) in [6.45, 7) is 5.71. The van der Waals surface area contributed by atoms with E-state index in [1.165, 1.54) is 0 Å². The maximum Gasteiger partial charge on any atom is 0.143 e. The molecule has 1 aliphatic rings. The second kappa shape index (κ2) is 2.59. The number of carbonyl (C=O) groups excluding carboxylic acids is 1. The second-order valence-electron chi connectivity index (χ2n) is 4.37. The Morgan fingerprint density at radius 1 is 1.36 bits per heavy atom. The molecule has 0 aromatic rings. The Kier molecular flexibility index (Phi) is 2.06. The lowest BCUT2D eigenvalue weighted by molar-refractivity contribution is -0.139. The maximum absolute atomic E-state index is 11.5. The number of hydrogen-bond donors (Lipinski definition) is 1. The van der Waals surface area contributed by atoms with Crippen LogP contribution in [0, 0.1) is 11.3 Å². The van der Waals surface area contributed by atoms with Gasteiger partial charge in [0.25, 0.3) is 0 Å². The third kappa shape index (κ3) is 1.62. The van der Waals surface area contributed by atoms with E-state index in [-0.39, 0.29) is 23.2 Å². The molecule has 2 atom stereocenters. The molecule has 0 saturated heterocycles. The van der Waals surface area contributed by atoms with Crippen molar-refractivity contribution >= 4 is 5.78 Å². The van der Waals surface area contributed by atoms with Crippen LogP contribution in [-0.4, -0.2) is 17.0 Å². The van der Waals surface area contributed by atoms with Crippen molar-refractivity contribution in [3.05, 3.63) is 0 Å². The summed E-state index contributed by atoms with van der Waals surface area (Å²) in [5, 5.41) is 9.22. The Morgan fingerprint density at radius 2 is 1.91 bits per heavy atom. The van der Waals surface area contributed by atoms with Crippen molar-refractivity contribution in [2.24, 2.45) is 11.3 Å². The third-order valence-corrected chi connectivity index (χ3v) is 2.31. The van der Waals surface area contributed by atoms with Gasteiger partial charge < -0.3 is 5.11 Å². The van der Waals surface area contributed by atoms with Gasteiger partial charge in [0.2, 0.25) is 0 Å². The zero-order valence-electron chi connectivity index (χ0n) is 7.42. The van der Waals surface area contributed by atoms with Crippen LogP contribution in [0.5, 0.6) is 0 Å². The summed E-state index contributed by atoms with van der Waals surface area (Å²) in [7, 11) is 0. The Hall–Kier alpha value is -0.370. The number of Topliss-reactive ketones (excluding diaryl/α,β-unsaturated/α-hetero) is 1. The van der Waals surface area contributed by atoms with E-state index < -0.39 is 0 Å². The van der Waals surface area contributed by atoms with Crippen LogP contribution in [0.25, 0.3) is 0 Å². The molecule has 2 nitrogen and oxygen atoms in total. The number of carbonyl (C=O) groups is 1. The van der Waals surface area contributed by atoms with Crippen LogP contribution in [0.3, 0.4) is 0 Å². The van der Waals surface area contributed by atoms with Gasteiger partial charge in [-0.2, -0.15) is 0 Å². The Labute approximate surface area is 67.6 Å². The lowest BCUT2D eigenvalue weighted by atomic mass is 9.71. The lowest BCUT2D eigenvalue weighted by Gasteiger charge is -2.35. The highest BCUT2D eigenvalue weighted by Crippen LogP contribution is 2.34. The van der Waals surface area contributed by atoms with Crippen LogP contribution in [0.15, 0.2) is 0 Å². The highest BCUT2D eigenvalue weighted by atomic mass is 16.3. The lowest BCUT2D eigenvalue weighted by Crippen LogP contribution is -2.42. The van der Waals surface area contributed by atoms with Crippen molar-refractivity contribution in [3.8, 4) is 0 Å². The van der Waals surface area contributed by atoms with E-state index in [1.807, 2.05) is 20.8 Å². The van der Waals surface area contributed by atoms with E-state index in [2.05, 4.69) is 0 Å². The van der Waals surface area contributed by atoms with Crippen LogP contribution < -0.4 is 0 Å². The summed E-state index contributed by atoms with van der Waals surface area (Å²) < 4.78 is 0. The fraction of sp³-hybridized carbons (Fsp3) is 0.889. The standard InChI is InChI=1S/C9H16O2/c1-9(2,3)8(11)6-4-5-7(6)10/h6-7,10H,4-5H2,1-3H3. The van der Waals surface area contributed by atoms with Crippen molar-refractivity contribution in [2.45, 2.75) is 39.7 Å². The van der Waals surface area contributed by atoms with E-state index >= 15 is 0 Å². The summed E-state index contributed by atoms with van der Waals surface area (Å²) in [6, 6.07) is 0. The molecule has 0 aromatic carbocycles. The van der Waals surface area contributed by atoms with E-state index in [1.54, 1.807) is 0 Å². The molecule has 2 heteroatoms. The van der Waals surface area contributed by atoms with Gasteiger partial charge in [0, 0.05) is 11.3 Å². The average Bonchev–Trinajstić information content (AvgIpc) is 1.83. The van der Waals surface area contributed by atoms with Gasteiger partial charge in [0.15, 0.2) is 0 Å². The van der Waals surface area contributed by atoms with E-state index in [0.717, 1.165) is 12.8 Å². The zero-order valence-corrected chi connectivity index (χ0v) is 7.42. The van der Waals surface area contributed by atoms with Gasteiger partial charge in [0.1, 0.15) is 5.78 Å². The minimum atomic E-state index is -0.360. The number of aliphatic hydroxyl groups is 1. The summed E-state index contributed by atoms with van der Waals surface area (Å²) >= 11 is 0. The first-order chi connectivity index (χ1) is 4.93. The van der Waals surface area contributed by atoms with Crippen molar-refractivity contribution in [2.75, 3.05) is 0 Å². The fourth-order valence-corrected chi connectivity index (χ4v) is 1.34. The number of rotatable bonds is 1. The molecule has 0 heterocycles. The Morgan fingerprint density at radius 3 is 2.00 bits per heavy atom. The van der Waals surface area contributed by atoms with Crippen molar-refractivity contribution in [1.29, 1.82) is 0 Å². The molecule has 0 bridgehead atoms. The number of aliphatic hydroxyl groups excluding tert-OH is 1. The quantitative estimate of drug-likeness (QED) is 0.622. The highest BCUT2D eigenvalue weighted by molar-refractivity contribution is 5.87. The molecular formula is C9H16O2. The molecule has 0 aliphatic heterocycles. The van der Waals surface area contributed by atoms with Gasteiger partial charge >= 0.3 is 0 Å². The van der Waals surface area contributed by atoms with E-state index in [9.17, 15) is 9.90 Å². The van der Waals surface area contributed by atoms with E-state index in [0.29, 0.717) is 0 Å². The fourth-order valence-electron chi connectivity index (χ4n) is 1.34. The molecular weight excluding hydrogens is 140 g/mol. The van der Waals surface area contributed by atoms with Crippen LogP contribution in [0.2, 0.25) is 0 Å². The molecule has 2 unspecified atom stereocenters. The monoisotopic (exact) mass is 156 g/mol. The minimum absolute atomic E-state index is 0.0741. The van der Waals surface area contributed by atoms with Crippen LogP contribution in [0.4, 0.5) is 0 Å². The van der Waals surface area contributed by atoms with Crippen LogP contribution >= 0.6 is 0 Å². The molecule has 0 aromatic heterocycles. The van der Waals surface area contributed by atoms with Crippen molar-refractivity contribution in [1.82, 2.24) is 0 Å². The normalized spacial score (nSPS) is 31.3. The topological polar surface area (TPSA) is 37.3 Å². The van der Waals surface area contributed by atoms with Gasteiger partial charge in [-0.25, -0.2) is 0 Å². The van der Waals surface area contributed by atoms with Gasteiger partial charge in [-0.05, 0) is 12.8 Å². The molecule has 1 rings (SSSR count). The number of ketones is 1. The average molecular weight is 156 g/mol. The first-order valence-electron chi connectivity index (χ1n) is 4.15. The molecule has 64 valence electrons. The third-order valence-electron chi connectivity index (χ3n) is 2.31. The number of hydrogen-bond acceptors (Lipinski definition) is 2. The summed E-state index contributed by atoms with van der Waals surface area (Å²) in [4.78, 5) is 11.5. The second-order valence-corrected chi connectivity index (χ2v) is 4.37. The largest absolute Gasteiger partial charge is 0.392 e. The van der Waals surface area contributed by atoms with Gasteiger partial charge in [-0.3, -0.25) is 4.79 Å². The van der Waals surface area contributed by atoms with Crippen molar-refractivity contribution in [3.63, 3.8) is 0 Å².